The lowest BCUT2D eigenvalue weighted by atomic mass is 9.99. The van der Waals surface area contributed by atoms with E-state index in [0.717, 1.165) is 102 Å². The molecule has 594 valence electrons. The van der Waals surface area contributed by atoms with Gasteiger partial charge in [0.25, 0.3) is 0 Å². The summed E-state index contributed by atoms with van der Waals surface area (Å²) in [4.78, 5) is 73.0. The predicted octanol–water partition coefficient (Wildman–Crippen LogP) is 24.3. The smallest absolute Gasteiger partial charge is 0.462 e. The lowest BCUT2D eigenvalue weighted by Gasteiger charge is -2.21. The Bertz CT molecular complexity index is 1930. The highest BCUT2D eigenvalue weighted by atomic mass is 31.2. The predicted molar refractivity (Wildman–Crippen MR) is 409 cm³/mol. The second-order valence-electron chi connectivity index (χ2n) is 29.9. The van der Waals surface area contributed by atoms with Gasteiger partial charge in [0.15, 0.2) is 12.2 Å². The van der Waals surface area contributed by atoms with Gasteiger partial charge in [-0.2, -0.15) is 0 Å². The number of carbonyl (C=O) groups is 4. The zero-order valence-corrected chi connectivity index (χ0v) is 67.3. The van der Waals surface area contributed by atoms with Gasteiger partial charge in [0.05, 0.1) is 26.4 Å². The van der Waals surface area contributed by atoms with Crippen LogP contribution in [0.25, 0.3) is 0 Å². The van der Waals surface area contributed by atoms with Crippen LogP contribution in [0.5, 0.6) is 0 Å². The van der Waals surface area contributed by atoms with E-state index >= 15 is 0 Å². The van der Waals surface area contributed by atoms with Gasteiger partial charge in [-0.25, -0.2) is 9.13 Å². The number of aliphatic hydroxyl groups excluding tert-OH is 1. The van der Waals surface area contributed by atoms with Crippen molar-refractivity contribution >= 4 is 39.5 Å². The van der Waals surface area contributed by atoms with Gasteiger partial charge in [-0.05, 0) is 37.5 Å². The molecule has 3 unspecified atom stereocenters. The van der Waals surface area contributed by atoms with Crippen molar-refractivity contribution in [3.8, 4) is 0 Å². The molecule has 19 heteroatoms. The molecule has 0 aromatic heterocycles. The van der Waals surface area contributed by atoms with Crippen LogP contribution in [-0.2, 0) is 65.4 Å². The highest BCUT2D eigenvalue weighted by Crippen LogP contribution is 2.45. The quantitative estimate of drug-likeness (QED) is 0.0222. The first-order valence-electron chi connectivity index (χ1n) is 42.0. The molecule has 0 rings (SSSR count). The van der Waals surface area contributed by atoms with Crippen molar-refractivity contribution in [2.45, 2.75) is 445 Å². The van der Waals surface area contributed by atoms with Crippen LogP contribution in [-0.4, -0.2) is 96.7 Å². The summed E-state index contributed by atoms with van der Waals surface area (Å²) in [5, 5.41) is 10.6. The van der Waals surface area contributed by atoms with Crippen LogP contribution >= 0.6 is 15.6 Å². The minimum atomic E-state index is -4.96. The lowest BCUT2D eigenvalue weighted by Crippen LogP contribution is -2.30. The van der Waals surface area contributed by atoms with Crippen LogP contribution in [0, 0.1) is 11.8 Å². The molecule has 0 fully saturated rings. The van der Waals surface area contributed by atoms with Gasteiger partial charge in [-0.15, -0.1) is 0 Å². The number of ether oxygens (including phenoxy) is 4. The molecule has 0 aliphatic heterocycles. The number of hydrogen-bond acceptors (Lipinski definition) is 15. The first-order valence-corrected chi connectivity index (χ1v) is 45.0. The van der Waals surface area contributed by atoms with E-state index in [9.17, 15) is 43.2 Å². The Morgan fingerprint density at radius 1 is 0.290 bits per heavy atom. The molecule has 100 heavy (non-hydrogen) atoms. The third-order valence-corrected chi connectivity index (χ3v) is 21.2. The van der Waals surface area contributed by atoms with Gasteiger partial charge in [0.2, 0.25) is 0 Å². The van der Waals surface area contributed by atoms with E-state index in [2.05, 4.69) is 41.5 Å². The molecule has 0 spiro atoms. The monoisotopic (exact) mass is 1470 g/mol. The number of phosphoric acid groups is 2. The van der Waals surface area contributed by atoms with Gasteiger partial charge in [0.1, 0.15) is 19.3 Å². The molecule has 0 saturated carbocycles. The van der Waals surface area contributed by atoms with Gasteiger partial charge in [-0.1, -0.05) is 375 Å². The van der Waals surface area contributed by atoms with Crippen LogP contribution in [0.15, 0.2) is 0 Å². The number of carbonyl (C=O) groups excluding carboxylic acids is 4. The van der Waals surface area contributed by atoms with E-state index in [0.29, 0.717) is 31.6 Å². The molecule has 0 amide bonds. The van der Waals surface area contributed by atoms with Gasteiger partial charge in [-0.3, -0.25) is 37.3 Å². The molecule has 6 atom stereocenters. The fourth-order valence-electron chi connectivity index (χ4n) is 12.5. The minimum absolute atomic E-state index is 0.105. The van der Waals surface area contributed by atoms with Crippen molar-refractivity contribution in [3.63, 3.8) is 0 Å². The molecule has 0 heterocycles. The van der Waals surface area contributed by atoms with E-state index in [4.69, 9.17) is 37.0 Å². The first-order chi connectivity index (χ1) is 48.4. The van der Waals surface area contributed by atoms with Gasteiger partial charge >= 0.3 is 39.5 Å². The normalized spacial score (nSPS) is 14.2. The van der Waals surface area contributed by atoms with Crippen LogP contribution in [0.1, 0.15) is 427 Å². The summed E-state index contributed by atoms with van der Waals surface area (Å²) >= 11 is 0. The summed E-state index contributed by atoms with van der Waals surface area (Å²) in [5.41, 5.74) is 0. The number of aliphatic hydroxyl groups is 1. The van der Waals surface area contributed by atoms with Crippen molar-refractivity contribution in [2.75, 3.05) is 39.6 Å². The average Bonchev–Trinajstić information content (AvgIpc) is 0.920. The summed E-state index contributed by atoms with van der Waals surface area (Å²) in [7, 11) is -9.92. The SMILES string of the molecule is CCCCCCCCCCCCCCCCCCCCCCCC(=O)O[C@H](COC(=O)CCCCCCCCCCCCCCCCCCC)COP(=O)(O)OC[C@@H](O)COP(=O)(O)OC[C@@H](COC(=O)CCCCCCCCCC(C)C)OC(=O)CCCCCCCCCCC(C)CC. The maximum Gasteiger partial charge on any atom is 0.472 e. The molecule has 3 N–H and O–H groups in total. The molecule has 0 bridgehead atoms. The Kier molecular flexibility index (Phi) is 71.2. The third kappa shape index (κ3) is 73.0. The number of hydrogen-bond donors (Lipinski definition) is 3. The van der Waals surface area contributed by atoms with Crippen LogP contribution in [0.2, 0.25) is 0 Å². The zero-order chi connectivity index (χ0) is 73.5. The standard InChI is InChI=1S/C81H158O17P2/c1-7-10-12-14-16-18-20-22-24-26-27-28-29-31-33-35-37-39-46-53-59-65-80(85)97-76(69-91-78(83)63-57-51-45-38-36-34-32-30-25-23-21-19-17-15-13-11-8-2)71-95-99(87,88)93-67-75(82)68-94-100(89,90)96-72-77(70-92-79(84)64-58-52-48-42-43-49-55-61-73(4)5)98-81(86)66-60-54-47-41-40-44-50-56-62-74(6)9-3/h73-77,82H,7-72H2,1-6H3,(H,87,88)(H,89,90)/t74?,75-,76-,77-/m1/s1. The fourth-order valence-corrected chi connectivity index (χ4v) is 14.1. The summed E-state index contributed by atoms with van der Waals surface area (Å²) in [5.74, 6) is -0.638. The van der Waals surface area contributed by atoms with Gasteiger partial charge in [0, 0.05) is 25.7 Å². The Hall–Kier alpha value is -1.94. The largest absolute Gasteiger partial charge is 0.472 e. The Balaban J connectivity index is 5.22. The van der Waals surface area contributed by atoms with E-state index in [1.165, 1.54) is 238 Å². The van der Waals surface area contributed by atoms with Crippen LogP contribution in [0.4, 0.5) is 0 Å². The summed E-state index contributed by atoms with van der Waals surface area (Å²) in [6.45, 7) is 9.57. The average molecular weight is 1470 g/mol. The molecule has 17 nitrogen and oxygen atoms in total. The molecule has 0 aliphatic carbocycles. The van der Waals surface area contributed by atoms with E-state index < -0.39 is 97.5 Å². The Morgan fingerprint density at radius 3 is 0.760 bits per heavy atom. The van der Waals surface area contributed by atoms with E-state index in [1.54, 1.807) is 0 Å². The summed E-state index contributed by atoms with van der Waals surface area (Å²) < 4.78 is 68.7. The van der Waals surface area contributed by atoms with E-state index in [1.807, 2.05) is 0 Å². The maximum absolute atomic E-state index is 13.1. The zero-order valence-electron chi connectivity index (χ0n) is 65.5. The van der Waals surface area contributed by atoms with Crippen LogP contribution < -0.4 is 0 Å². The second-order valence-corrected chi connectivity index (χ2v) is 32.8. The van der Waals surface area contributed by atoms with Crippen molar-refractivity contribution in [1.82, 2.24) is 0 Å². The summed E-state index contributed by atoms with van der Waals surface area (Å²) in [6.07, 6.45) is 62.6. The second kappa shape index (κ2) is 72.6. The number of esters is 4. The first kappa shape index (κ1) is 98.1. The molecule has 0 saturated heterocycles. The highest BCUT2D eigenvalue weighted by Gasteiger charge is 2.30. The molecule has 0 aliphatic rings. The number of phosphoric ester groups is 2. The third-order valence-electron chi connectivity index (χ3n) is 19.3. The minimum Gasteiger partial charge on any atom is -0.462 e. The number of rotatable bonds is 80. The lowest BCUT2D eigenvalue weighted by molar-refractivity contribution is -0.161. The van der Waals surface area contributed by atoms with Crippen molar-refractivity contribution in [2.24, 2.45) is 11.8 Å². The Labute approximate surface area is 613 Å². The highest BCUT2D eigenvalue weighted by molar-refractivity contribution is 7.47. The fraction of sp³-hybridized carbons (Fsp3) is 0.951. The molecule has 0 aromatic rings. The molecular weight excluding hydrogens is 1310 g/mol. The maximum atomic E-state index is 13.1. The van der Waals surface area contributed by atoms with Crippen molar-refractivity contribution < 1.29 is 80.2 Å². The molecule has 0 aromatic carbocycles. The topological polar surface area (TPSA) is 237 Å². The van der Waals surface area contributed by atoms with Crippen molar-refractivity contribution in [3.05, 3.63) is 0 Å². The Morgan fingerprint density at radius 2 is 0.510 bits per heavy atom. The van der Waals surface area contributed by atoms with Crippen molar-refractivity contribution in [1.29, 1.82) is 0 Å². The van der Waals surface area contributed by atoms with Gasteiger partial charge < -0.3 is 33.8 Å². The summed E-state index contributed by atoms with van der Waals surface area (Å²) in [6, 6.07) is 0. The van der Waals surface area contributed by atoms with E-state index in [-0.39, 0.29) is 25.7 Å². The number of unbranched alkanes of at least 4 members (excludes halogenated alkanes) is 49. The van der Waals surface area contributed by atoms with Crippen LogP contribution in [0.3, 0.4) is 0 Å². The molecule has 0 radical (unpaired) electrons. The molecular formula is C81H158O17P2.